The first kappa shape index (κ1) is 11.8. The molecule has 0 radical (unpaired) electrons. The fraction of sp³-hybridized carbons (Fsp3) is 0.308. The van der Waals surface area contributed by atoms with Crippen molar-refractivity contribution >= 4 is 0 Å². The smallest absolute Gasteiger partial charge is 0.141 e. The number of aryl methyl sites for hydroxylation is 1. The molecule has 0 aromatic carbocycles. The second-order valence-corrected chi connectivity index (χ2v) is 3.92. The van der Waals surface area contributed by atoms with Crippen molar-refractivity contribution in [3.05, 3.63) is 53.5 Å². The highest BCUT2D eigenvalue weighted by atomic mass is 19.1. The van der Waals surface area contributed by atoms with Crippen LogP contribution in [0.15, 0.2) is 35.2 Å². The summed E-state index contributed by atoms with van der Waals surface area (Å²) in [7, 11) is 0. The maximum absolute atomic E-state index is 13.2. The summed E-state index contributed by atoms with van der Waals surface area (Å²) >= 11 is 0. The maximum atomic E-state index is 13.2. The monoisotopic (exact) mass is 234 g/mol. The molecule has 1 unspecified atom stereocenters. The largest absolute Gasteiger partial charge is 0.469 e. The van der Waals surface area contributed by atoms with Crippen LogP contribution in [0.3, 0.4) is 0 Å². The van der Waals surface area contributed by atoms with Crippen molar-refractivity contribution < 1.29 is 8.81 Å². The zero-order chi connectivity index (χ0) is 12.3. The Balaban J connectivity index is 2.35. The Labute approximate surface area is 99.7 Å². The SMILES string of the molecule is CCNC(c1cncc(F)c1)c1coc(C)c1. The number of pyridine rings is 1. The summed E-state index contributed by atoms with van der Waals surface area (Å²) in [6.45, 7) is 4.68. The van der Waals surface area contributed by atoms with Gasteiger partial charge in [-0.3, -0.25) is 4.98 Å². The molecule has 0 aliphatic heterocycles. The molecule has 4 heteroatoms. The number of nitrogens with zero attached hydrogens (tertiary/aromatic N) is 1. The van der Waals surface area contributed by atoms with Gasteiger partial charge in [0.15, 0.2) is 0 Å². The number of nitrogens with one attached hydrogen (secondary N) is 1. The van der Waals surface area contributed by atoms with Gasteiger partial charge in [0.1, 0.15) is 11.6 Å². The minimum atomic E-state index is -0.328. The van der Waals surface area contributed by atoms with E-state index in [-0.39, 0.29) is 11.9 Å². The number of aromatic nitrogens is 1. The lowest BCUT2D eigenvalue weighted by Crippen LogP contribution is -2.21. The molecule has 1 N–H and O–H groups in total. The van der Waals surface area contributed by atoms with Crippen LogP contribution in [0.25, 0.3) is 0 Å². The van der Waals surface area contributed by atoms with Gasteiger partial charge in [-0.1, -0.05) is 6.92 Å². The molecule has 90 valence electrons. The highest BCUT2D eigenvalue weighted by Gasteiger charge is 2.15. The van der Waals surface area contributed by atoms with Crippen molar-refractivity contribution in [2.45, 2.75) is 19.9 Å². The summed E-state index contributed by atoms with van der Waals surface area (Å²) in [5, 5.41) is 3.29. The van der Waals surface area contributed by atoms with Crippen LogP contribution in [0.5, 0.6) is 0 Å². The zero-order valence-corrected chi connectivity index (χ0v) is 9.90. The Bertz CT molecular complexity index is 496. The van der Waals surface area contributed by atoms with Crippen LogP contribution in [0, 0.1) is 12.7 Å². The fourth-order valence-electron chi connectivity index (χ4n) is 1.83. The zero-order valence-electron chi connectivity index (χ0n) is 9.90. The van der Waals surface area contributed by atoms with E-state index in [1.807, 2.05) is 19.9 Å². The van der Waals surface area contributed by atoms with Crippen LogP contribution in [0.1, 0.15) is 29.9 Å². The van der Waals surface area contributed by atoms with Crippen molar-refractivity contribution in [3.8, 4) is 0 Å². The molecule has 0 saturated carbocycles. The van der Waals surface area contributed by atoms with Gasteiger partial charge in [0.25, 0.3) is 0 Å². The average molecular weight is 234 g/mol. The Morgan fingerprint density at radius 1 is 1.35 bits per heavy atom. The van der Waals surface area contributed by atoms with E-state index in [2.05, 4.69) is 10.3 Å². The predicted molar refractivity (Wildman–Crippen MR) is 63.2 cm³/mol. The second kappa shape index (κ2) is 5.10. The molecule has 2 aromatic heterocycles. The van der Waals surface area contributed by atoms with Gasteiger partial charge in [-0.05, 0) is 31.2 Å². The normalized spacial score (nSPS) is 12.6. The fourth-order valence-corrected chi connectivity index (χ4v) is 1.83. The quantitative estimate of drug-likeness (QED) is 0.884. The third-order valence-electron chi connectivity index (χ3n) is 2.55. The third kappa shape index (κ3) is 2.71. The van der Waals surface area contributed by atoms with Crippen LogP contribution >= 0.6 is 0 Å². The minimum Gasteiger partial charge on any atom is -0.469 e. The van der Waals surface area contributed by atoms with Gasteiger partial charge < -0.3 is 9.73 Å². The van der Waals surface area contributed by atoms with E-state index in [4.69, 9.17) is 4.42 Å². The average Bonchev–Trinajstić information content (AvgIpc) is 2.72. The number of halogens is 1. The van der Waals surface area contributed by atoms with Crippen LogP contribution in [0.2, 0.25) is 0 Å². The molecule has 2 heterocycles. The number of hydrogen-bond acceptors (Lipinski definition) is 3. The standard InChI is InChI=1S/C13H15FN2O/c1-3-16-13(11-4-9(2)17-8-11)10-5-12(14)7-15-6-10/h4-8,13,16H,3H2,1-2H3. The van der Waals surface area contributed by atoms with Crippen LogP contribution < -0.4 is 5.32 Å². The highest BCUT2D eigenvalue weighted by Crippen LogP contribution is 2.23. The third-order valence-corrected chi connectivity index (χ3v) is 2.55. The first-order valence-electron chi connectivity index (χ1n) is 5.59. The van der Waals surface area contributed by atoms with Gasteiger partial charge in [-0.15, -0.1) is 0 Å². The second-order valence-electron chi connectivity index (χ2n) is 3.92. The summed E-state index contributed by atoms with van der Waals surface area (Å²) < 4.78 is 18.5. The van der Waals surface area contributed by atoms with Crippen molar-refractivity contribution in [2.24, 2.45) is 0 Å². The molecular weight excluding hydrogens is 219 g/mol. The molecule has 0 fully saturated rings. The van der Waals surface area contributed by atoms with Crippen LogP contribution in [-0.2, 0) is 0 Å². The van der Waals surface area contributed by atoms with Gasteiger partial charge in [-0.2, -0.15) is 0 Å². The van der Waals surface area contributed by atoms with Gasteiger partial charge in [0, 0.05) is 11.8 Å². The molecule has 1 atom stereocenters. The molecule has 0 aliphatic carbocycles. The highest BCUT2D eigenvalue weighted by molar-refractivity contribution is 5.29. The summed E-state index contributed by atoms with van der Waals surface area (Å²) in [6, 6.07) is 3.35. The number of furan rings is 1. The summed E-state index contributed by atoms with van der Waals surface area (Å²) in [4.78, 5) is 3.87. The van der Waals surface area contributed by atoms with Gasteiger partial charge >= 0.3 is 0 Å². The summed E-state index contributed by atoms with van der Waals surface area (Å²) in [5.74, 6) is 0.512. The van der Waals surface area contributed by atoms with Gasteiger partial charge in [0.05, 0.1) is 18.5 Å². The van der Waals surface area contributed by atoms with E-state index in [1.165, 1.54) is 12.3 Å². The van der Waals surface area contributed by atoms with Crippen LogP contribution in [0.4, 0.5) is 4.39 Å². The predicted octanol–water partition coefficient (Wildman–Crippen LogP) is 2.82. The lowest BCUT2D eigenvalue weighted by Gasteiger charge is -2.16. The molecule has 17 heavy (non-hydrogen) atoms. The molecule has 2 aromatic rings. The lowest BCUT2D eigenvalue weighted by molar-refractivity contribution is 0.525. The number of rotatable bonds is 4. The molecule has 0 bridgehead atoms. The maximum Gasteiger partial charge on any atom is 0.141 e. The summed E-state index contributed by atoms with van der Waals surface area (Å²) in [6.07, 6.45) is 4.55. The van der Waals surface area contributed by atoms with E-state index < -0.39 is 0 Å². The Kier molecular flexibility index (Phi) is 3.54. The van der Waals surface area contributed by atoms with Gasteiger partial charge in [-0.25, -0.2) is 4.39 Å². The van der Waals surface area contributed by atoms with Crippen molar-refractivity contribution in [1.82, 2.24) is 10.3 Å². The molecule has 0 aliphatic rings. The minimum absolute atomic E-state index is 0.0827. The first-order valence-corrected chi connectivity index (χ1v) is 5.59. The molecule has 0 saturated heterocycles. The number of hydrogen-bond donors (Lipinski definition) is 1. The Hall–Kier alpha value is -1.68. The van der Waals surface area contributed by atoms with Crippen LogP contribution in [-0.4, -0.2) is 11.5 Å². The van der Waals surface area contributed by atoms with E-state index in [0.717, 1.165) is 23.4 Å². The Morgan fingerprint density at radius 3 is 2.76 bits per heavy atom. The topological polar surface area (TPSA) is 38.1 Å². The summed E-state index contributed by atoms with van der Waals surface area (Å²) in [5.41, 5.74) is 1.78. The Morgan fingerprint density at radius 2 is 2.18 bits per heavy atom. The van der Waals surface area contributed by atoms with Crippen molar-refractivity contribution in [3.63, 3.8) is 0 Å². The van der Waals surface area contributed by atoms with E-state index in [9.17, 15) is 4.39 Å². The lowest BCUT2D eigenvalue weighted by atomic mass is 10.0. The molecule has 0 spiro atoms. The van der Waals surface area contributed by atoms with Crippen molar-refractivity contribution in [2.75, 3.05) is 6.54 Å². The molecule has 2 rings (SSSR count). The van der Waals surface area contributed by atoms with Crippen molar-refractivity contribution in [1.29, 1.82) is 0 Å². The van der Waals surface area contributed by atoms with E-state index in [0.29, 0.717) is 0 Å². The van der Waals surface area contributed by atoms with E-state index >= 15 is 0 Å². The molecule has 3 nitrogen and oxygen atoms in total. The first-order chi connectivity index (χ1) is 8.20. The van der Waals surface area contributed by atoms with E-state index in [1.54, 1.807) is 12.5 Å². The van der Waals surface area contributed by atoms with Gasteiger partial charge in [0.2, 0.25) is 0 Å². The molecule has 0 amide bonds. The molecular formula is C13H15FN2O.